The number of rotatable bonds is 4. The van der Waals surface area contributed by atoms with E-state index in [0.717, 1.165) is 0 Å². The molecule has 0 heterocycles. The molecule has 0 aliphatic rings. The van der Waals surface area contributed by atoms with Crippen LogP contribution in [0.15, 0.2) is 10.2 Å². The van der Waals surface area contributed by atoms with Crippen LogP contribution < -0.4 is 10.9 Å². The van der Waals surface area contributed by atoms with E-state index < -0.39 is 0 Å². The first-order valence-corrected chi connectivity index (χ1v) is 5.34. The predicted molar refractivity (Wildman–Crippen MR) is 73.8 cm³/mol. The van der Waals surface area contributed by atoms with Crippen molar-refractivity contribution in [2.24, 2.45) is 10.2 Å². The second-order valence-electron chi connectivity index (χ2n) is 2.70. The smallest absolute Gasteiger partial charge is 0.277 e. The van der Waals surface area contributed by atoms with Gasteiger partial charge in [-0.2, -0.15) is 10.2 Å². The average Bonchev–Trinajstić information content (AvgIpc) is 2.23. The maximum absolute atomic E-state index is 4.94. The van der Waals surface area contributed by atoms with E-state index in [1.807, 2.05) is 21.0 Å². The van der Waals surface area contributed by atoms with Crippen molar-refractivity contribution in [3.8, 4) is 0 Å². The molecule has 0 bridgehead atoms. The Kier molecular flexibility index (Phi) is 8.26. The summed E-state index contributed by atoms with van der Waals surface area (Å²) in [4.78, 5) is 1.73. The molecule has 0 spiro atoms. The van der Waals surface area contributed by atoms with E-state index in [-0.39, 0.29) is 5.17 Å². The van der Waals surface area contributed by atoms with Gasteiger partial charge in [0, 0.05) is 14.1 Å². The van der Waals surface area contributed by atoms with E-state index in [4.69, 9.17) is 29.2 Å². The Morgan fingerprint density at radius 1 is 1.25 bits per heavy atom. The first-order chi connectivity index (χ1) is 7.57. The summed E-state index contributed by atoms with van der Waals surface area (Å²) >= 11 is 9.70. The highest BCUT2D eigenvalue weighted by atomic mass is 32.1. The normalized spacial score (nSPS) is 10.4. The second kappa shape index (κ2) is 8.98. The van der Waals surface area contributed by atoms with Crippen LogP contribution in [0.4, 0.5) is 0 Å². The summed E-state index contributed by atoms with van der Waals surface area (Å²) in [6, 6.07) is 0. The summed E-state index contributed by atoms with van der Waals surface area (Å²) in [6.45, 7) is 2.35. The van der Waals surface area contributed by atoms with Crippen molar-refractivity contribution < 1.29 is 4.74 Å². The Balaban J connectivity index is 3.71. The van der Waals surface area contributed by atoms with Gasteiger partial charge in [-0.3, -0.25) is 5.43 Å². The summed E-state index contributed by atoms with van der Waals surface area (Å²) in [5.74, 6) is 0. The van der Waals surface area contributed by atoms with Crippen molar-refractivity contribution >= 4 is 47.2 Å². The number of hydrazone groups is 2. The van der Waals surface area contributed by atoms with Gasteiger partial charge in [0.25, 0.3) is 5.17 Å². The maximum Gasteiger partial charge on any atom is 0.277 e. The van der Waals surface area contributed by atoms with Crippen LogP contribution in [0.2, 0.25) is 0 Å². The van der Waals surface area contributed by atoms with Crippen molar-refractivity contribution in [1.82, 2.24) is 15.8 Å². The quantitative estimate of drug-likeness (QED) is 0.431. The molecule has 90 valence electrons. The van der Waals surface area contributed by atoms with Gasteiger partial charge in [-0.15, -0.1) is 0 Å². The lowest BCUT2D eigenvalue weighted by Gasteiger charge is -2.11. The van der Waals surface area contributed by atoms with Crippen molar-refractivity contribution in [2.45, 2.75) is 6.92 Å². The fourth-order valence-corrected chi connectivity index (χ4v) is 0.736. The van der Waals surface area contributed by atoms with Crippen LogP contribution in [0.25, 0.3) is 0 Å². The summed E-state index contributed by atoms with van der Waals surface area (Å²) < 4.78 is 4.94. The minimum absolute atomic E-state index is 0.226. The fourth-order valence-electron chi connectivity index (χ4n) is 0.512. The molecular weight excluding hydrogens is 246 g/mol. The molecule has 6 nitrogen and oxygen atoms in total. The summed E-state index contributed by atoms with van der Waals surface area (Å²) in [5, 5.41) is 8.29. The van der Waals surface area contributed by atoms with E-state index in [1.165, 1.54) is 12.4 Å². The number of hydrogen-bond acceptors (Lipinski definition) is 5. The van der Waals surface area contributed by atoms with Crippen LogP contribution in [0, 0.1) is 0 Å². The van der Waals surface area contributed by atoms with Gasteiger partial charge in [0.2, 0.25) is 0 Å². The van der Waals surface area contributed by atoms with Crippen LogP contribution in [-0.2, 0) is 4.74 Å². The number of hydrogen-bond donors (Lipinski definition) is 2. The Labute approximate surface area is 106 Å². The van der Waals surface area contributed by atoms with Crippen molar-refractivity contribution in [1.29, 1.82) is 0 Å². The standard InChI is InChI=1S/C8H15N5OS2/c1-4-14-8(16)12-10-6-5-9-11-7(15)13(2)3/h5-6H,4H2,1-3H3,(H,11,15)(H,12,16). The zero-order valence-electron chi connectivity index (χ0n) is 9.43. The van der Waals surface area contributed by atoms with Crippen molar-refractivity contribution in [3.05, 3.63) is 0 Å². The molecule has 0 aromatic rings. The number of nitrogens with one attached hydrogen (secondary N) is 2. The van der Waals surface area contributed by atoms with Gasteiger partial charge in [-0.25, -0.2) is 5.43 Å². The molecule has 0 amide bonds. The average molecular weight is 261 g/mol. The van der Waals surface area contributed by atoms with Gasteiger partial charge in [-0.05, 0) is 31.4 Å². The molecule has 0 saturated carbocycles. The predicted octanol–water partition coefficient (Wildman–Crippen LogP) is 0.305. The largest absolute Gasteiger partial charge is 0.470 e. The maximum atomic E-state index is 4.94. The molecule has 2 N–H and O–H groups in total. The van der Waals surface area contributed by atoms with Crippen LogP contribution in [0.3, 0.4) is 0 Å². The van der Waals surface area contributed by atoms with Crippen LogP contribution >= 0.6 is 24.4 Å². The van der Waals surface area contributed by atoms with E-state index in [1.54, 1.807) is 4.90 Å². The molecule has 16 heavy (non-hydrogen) atoms. The first kappa shape index (κ1) is 14.7. The van der Waals surface area contributed by atoms with E-state index >= 15 is 0 Å². The molecule has 8 heteroatoms. The molecule has 0 radical (unpaired) electrons. The molecule has 0 saturated heterocycles. The monoisotopic (exact) mass is 261 g/mol. The Bertz CT molecular complexity index is 290. The first-order valence-electron chi connectivity index (χ1n) is 4.52. The zero-order valence-corrected chi connectivity index (χ0v) is 11.1. The summed E-state index contributed by atoms with van der Waals surface area (Å²) in [5.41, 5.74) is 5.15. The third kappa shape index (κ3) is 8.06. The Hall–Kier alpha value is -1.28. The number of ether oxygens (including phenoxy) is 1. The van der Waals surface area contributed by atoms with E-state index in [2.05, 4.69) is 21.1 Å². The lowest BCUT2D eigenvalue weighted by Crippen LogP contribution is -2.30. The number of nitrogens with zero attached hydrogens (tertiary/aromatic N) is 3. The van der Waals surface area contributed by atoms with E-state index in [0.29, 0.717) is 11.7 Å². The Morgan fingerprint density at radius 2 is 1.81 bits per heavy atom. The minimum Gasteiger partial charge on any atom is -0.470 e. The second-order valence-corrected chi connectivity index (χ2v) is 3.46. The summed E-state index contributed by atoms with van der Waals surface area (Å²) in [7, 11) is 3.64. The van der Waals surface area contributed by atoms with Gasteiger partial charge < -0.3 is 9.64 Å². The highest BCUT2D eigenvalue weighted by Crippen LogP contribution is 1.77. The van der Waals surface area contributed by atoms with Gasteiger partial charge >= 0.3 is 0 Å². The SMILES string of the molecule is CCOC(=S)NN=CC=NNC(=S)N(C)C. The van der Waals surface area contributed by atoms with Gasteiger partial charge in [-0.1, -0.05) is 0 Å². The third-order valence-corrected chi connectivity index (χ3v) is 1.88. The molecule has 0 atom stereocenters. The fraction of sp³-hybridized carbons (Fsp3) is 0.500. The molecule has 0 aromatic carbocycles. The lowest BCUT2D eigenvalue weighted by atomic mass is 10.8. The van der Waals surface area contributed by atoms with Crippen molar-refractivity contribution in [3.63, 3.8) is 0 Å². The molecule has 0 rings (SSSR count). The molecular formula is C8H15N5OS2. The van der Waals surface area contributed by atoms with Gasteiger partial charge in [0.15, 0.2) is 5.11 Å². The van der Waals surface area contributed by atoms with Crippen molar-refractivity contribution in [2.75, 3.05) is 20.7 Å². The molecule has 0 aliphatic carbocycles. The third-order valence-electron chi connectivity index (χ3n) is 1.21. The molecule has 0 fully saturated rings. The number of thiocarbonyl (C=S) groups is 2. The highest BCUT2D eigenvalue weighted by Gasteiger charge is 1.92. The lowest BCUT2D eigenvalue weighted by molar-refractivity contribution is 0.321. The zero-order chi connectivity index (χ0) is 12.4. The van der Waals surface area contributed by atoms with Gasteiger partial charge in [0.1, 0.15) is 0 Å². The van der Waals surface area contributed by atoms with Gasteiger partial charge in [0.05, 0.1) is 19.0 Å². The molecule has 0 unspecified atom stereocenters. The molecule has 0 aromatic heterocycles. The highest BCUT2D eigenvalue weighted by molar-refractivity contribution is 7.80. The topological polar surface area (TPSA) is 61.2 Å². The minimum atomic E-state index is 0.226. The van der Waals surface area contributed by atoms with E-state index in [9.17, 15) is 0 Å². The van der Waals surface area contributed by atoms with Crippen LogP contribution in [0.5, 0.6) is 0 Å². The van der Waals surface area contributed by atoms with Crippen LogP contribution in [-0.4, -0.2) is 48.3 Å². The summed E-state index contributed by atoms with van der Waals surface area (Å²) in [6.07, 6.45) is 2.87. The Morgan fingerprint density at radius 3 is 2.31 bits per heavy atom. The van der Waals surface area contributed by atoms with Crippen LogP contribution in [0.1, 0.15) is 6.92 Å². The molecule has 0 aliphatic heterocycles.